The van der Waals surface area contributed by atoms with Gasteiger partial charge in [0.05, 0.1) is 20.3 Å². The van der Waals surface area contributed by atoms with Crippen molar-refractivity contribution in [2.45, 2.75) is 24.8 Å². The number of methoxy groups -OCH3 is 1. The summed E-state index contributed by atoms with van der Waals surface area (Å²) in [7, 11) is 5.84. The summed E-state index contributed by atoms with van der Waals surface area (Å²) in [5, 5.41) is 3.57. The van der Waals surface area contributed by atoms with Gasteiger partial charge in [0.2, 0.25) is 0 Å². The molecule has 0 radical (unpaired) electrons. The van der Waals surface area contributed by atoms with Gasteiger partial charge in [-0.3, -0.25) is 0 Å². The molecule has 4 nitrogen and oxygen atoms in total. The molecule has 1 aliphatic rings. The first-order valence-corrected chi connectivity index (χ1v) is 7.79. The van der Waals surface area contributed by atoms with Crippen LogP contribution < -0.4 is 10.1 Å². The summed E-state index contributed by atoms with van der Waals surface area (Å²) in [5.74, 6) is 1.63. The Balaban J connectivity index is 1.54. The first-order chi connectivity index (χ1) is 10.2. The molecule has 0 spiro atoms. The summed E-state index contributed by atoms with van der Waals surface area (Å²) in [6.07, 6.45) is 2.45. The average Bonchev–Trinajstić information content (AvgIpc) is 2.44. The zero-order valence-electron chi connectivity index (χ0n) is 13.5. The predicted octanol–water partition coefficient (Wildman–Crippen LogP) is 2.11. The monoisotopic (exact) mass is 292 g/mol. The topological polar surface area (TPSA) is 33.7 Å². The molecule has 0 bridgehead atoms. The zero-order chi connectivity index (χ0) is 15.1. The predicted molar refractivity (Wildman–Crippen MR) is 86.1 cm³/mol. The number of hydrogen-bond acceptors (Lipinski definition) is 4. The molecular weight excluding hydrogens is 264 g/mol. The smallest absolute Gasteiger partial charge is 0.118 e. The summed E-state index contributed by atoms with van der Waals surface area (Å²) >= 11 is 0. The van der Waals surface area contributed by atoms with Crippen molar-refractivity contribution in [1.29, 1.82) is 0 Å². The third-order valence-electron chi connectivity index (χ3n) is 4.09. The Morgan fingerprint density at radius 1 is 1.14 bits per heavy atom. The number of nitrogens with zero attached hydrogens (tertiary/aromatic N) is 1. The van der Waals surface area contributed by atoms with Crippen LogP contribution in [0.25, 0.3) is 0 Å². The molecule has 0 heterocycles. The van der Waals surface area contributed by atoms with Crippen LogP contribution in [0.3, 0.4) is 0 Å². The summed E-state index contributed by atoms with van der Waals surface area (Å²) in [5.41, 5.74) is 1.43. The van der Waals surface area contributed by atoms with Crippen LogP contribution in [-0.2, 0) is 4.74 Å². The second-order valence-corrected chi connectivity index (χ2v) is 6.01. The lowest BCUT2D eigenvalue weighted by Crippen LogP contribution is -2.41. The van der Waals surface area contributed by atoms with Gasteiger partial charge in [0.1, 0.15) is 5.75 Å². The first kappa shape index (κ1) is 16.3. The number of benzene rings is 1. The van der Waals surface area contributed by atoms with Crippen molar-refractivity contribution in [2.24, 2.45) is 0 Å². The molecule has 0 saturated heterocycles. The van der Waals surface area contributed by atoms with Crippen molar-refractivity contribution < 1.29 is 9.47 Å². The summed E-state index contributed by atoms with van der Waals surface area (Å²) < 4.78 is 10.8. The molecule has 1 aromatic carbocycles. The van der Waals surface area contributed by atoms with Gasteiger partial charge in [-0.2, -0.15) is 0 Å². The highest BCUT2D eigenvalue weighted by molar-refractivity contribution is 5.30. The average molecular weight is 292 g/mol. The van der Waals surface area contributed by atoms with Crippen LogP contribution in [0.1, 0.15) is 24.3 Å². The molecule has 1 aliphatic carbocycles. The molecule has 1 N–H and O–H groups in total. The van der Waals surface area contributed by atoms with Crippen molar-refractivity contribution in [3.63, 3.8) is 0 Å². The molecule has 118 valence electrons. The van der Waals surface area contributed by atoms with Crippen LogP contribution in [0.4, 0.5) is 0 Å². The quantitative estimate of drug-likeness (QED) is 0.707. The lowest BCUT2D eigenvalue weighted by Gasteiger charge is -2.36. The highest BCUT2D eigenvalue weighted by Gasteiger charge is 2.29. The molecule has 4 heteroatoms. The summed E-state index contributed by atoms with van der Waals surface area (Å²) in [4.78, 5) is 2.14. The number of nitrogens with one attached hydrogen (secondary N) is 1. The van der Waals surface area contributed by atoms with Crippen molar-refractivity contribution in [1.82, 2.24) is 10.2 Å². The molecule has 0 aromatic heterocycles. The Kier molecular flexibility index (Phi) is 6.49. The Bertz CT molecular complexity index is 400. The molecule has 1 aromatic rings. The second kappa shape index (κ2) is 8.37. The van der Waals surface area contributed by atoms with Crippen LogP contribution in [0.15, 0.2) is 24.3 Å². The molecule has 0 amide bonds. The van der Waals surface area contributed by atoms with Crippen molar-refractivity contribution in [3.8, 4) is 5.75 Å². The van der Waals surface area contributed by atoms with E-state index in [1.807, 2.05) is 0 Å². The maximum Gasteiger partial charge on any atom is 0.118 e. The van der Waals surface area contributed by atoms with E-state index >= 15 is 0 Å². The highest BCUT2D eigenvalue weighted by atomic mass is 16.5. The van der Waals surface area contributed by atoms with Gasteiger partial charge in [0.25, 0.3) is 0 Å². The van der Waals surface area contributed by atoms with Gasteiger partial charge in [0, 0.05) is 19.1 Å². The third kappa shape index (κ3) is 5.30. The van der Waals surface area contributed by atoms with Crippen LogP contribution in [0.5, 0.6) is 5.75 Å². The van der Waals surface area contributed by atoms with Crippen LogP contribution in [-0.4, -0.2) is 58.5 Å². The fraction of sp³-hybridized carbons (Fsp3) is 0.647. The van der Waals surface area contributed by atoms with E-state index in [1.165, 1.54) is 18.4 Å². The Hall–Kier alpha value is -1.10. The number of likely N-dealkylation sites (N-methyl/N-ethyl adjacent to an activating group) is 1. The van der Waals surface area contributed by atoms with Crippen LogP contribution >= 0.6 is 0 Å². The largest absolute Gasteiger partial charge is 0.497 e. The van der Waals surface area contributed by atoms with Crippen LogP contribution in [0.2, 0.25) is 0 Å². The van der Waals surface area contributed by atoms with Gasteiger partial charge in [0.15, 0.2) is 0 Å². The van der Waals surface area contributed by atoms with E-state index < -0.39 is 0 Å². The zero-order valence-corrected chi connectivity index (χ0v) is 13.5. The molecule has 0 unspecified atom stereocenters. The van der Waals surface area contributed by atoms with Gasteiger partial charge >= 0.3 is 0 Å². The van der Waals surface area contributed by atoms with E-state index in [-0.39, 0.29) is 0 Å². The van der Waals surface area contributed by atoms with Crippen LogP contribution in [0, 0.1) is 0 Å². The third-order valence-corrected chi connectivity index (χ3v) is 4.09. The van der Waals surface area contributed by atoms with Gasteiger partial charge in [-0.15, -0.1) is 0 Å². The van der Waals surface area contributed by atoms with Crippen molar-refractivity contribution in [3.05, 3.63) is 29.8 Å². The SMILES string of the molecule is COc1ccc(C2CC(NCCOCCN(C)C)C2)cc1. The molecule has 2 rings (SSSR count). The van der Waals surface area contributed by atoms with Gasteiger partial charge < -0.3 is 19.7 Å². The maximum atomic E-state index is 5.58. The standard InChI is InChI=1S/C17H28N2O2/c1-19(2)9-11-21-10-8-18-16-12-15(13-16)14-4-6-17(20-3)7-5-14/h4-7,15-16,18H,8-13H2,1-3H3. The number of hydrogen-bond donors (Lipinski definition) is 1. The Morgan fingerprint density at radius 3 is 2.48 bits per heavy atom. The minimum Gasteiger partial charge on any atom is -0.497 e. The van der Waals surface area contributed by atoms with Crippen molar-refractivity contribution in [2.75, 3.05) is 47.5 Å². The lowest BCUT2D eigenvalue weighted by atomic mass is 9.76. The second-order valence-electron chi connectivity index (χ2n) is 6.01. The fourth-order valence-electron chi connectivity index (χ4n) is 2.62. The lowest BCUT2D eigenvalue weighted by molar-refractivity contribution is 0.114. The Labute approximate surface area is 128 Å². The van der Waals surface area contributed by atoms with Gasteiger partial charge in [-0.05, 0) is 50.6 Å². The normalized spacial score (nSPS) is 21.3. The molecule has 0 atom stereocenters. The fourth-order valence-corrected chi connectivity index (χ4v) is 2.62. The molecule has 1 saturated carbocycles. The van der Waals surface area contributed by atoms with E-state index in [9.17, 15) is 0 Å². The number of ether oxygens (including phenoxy) is 2. The molecular formula is C17H28N2O2. The summed E-state index contributed by atoms with van der Waals surface area (Å²) in [6, 6.07) is 9.12. The highest BCUT2D eigenvalue weighted by Crippen LogP contribution is 2.37. The minimum absolute atomic E-state index is 0.648. The maximum absolute atomic E-state index is 5.58. The number of rotatable bonds is 9. The van der Waals surface area contributed by atoms with Gasteiger partial charge in [-0.1, -0.05) is 12.1 Å². The van der Waals surface area contributed by atoms with E-state index in [4.69, 9.17) is 9.47 Å². The van der Waals surface area contributed by atoms with Gasteiger partial charge in [-0.25, -0.2) is 0 Å². The summed E-state index contributed by atoms with van der Waals surface area (Å²) in [6.45, 7) is 3.56. The first-order valence-electron chi connectivity index (χ1n) is 7.79. The molecule has 1 fully saturated rings. The van der Waals surface area contributed by atoms with E-state index in [1.54, 1.807) is 7.11 Å². The molecule has 21 heavy (non-hydrogen) atoms. The minimum atomic E-state index is 0.648. The Morgan fingerprint density at radius 2 is 1.86 bits per heavy atom. The van der Waals surface area contributed by atoms with E-state index in [0.29, 0.717) is 12.0 Å². The molecule has 0 aliphatic heterocycles. The van der Waals surface area contributed by atoms with Crippen molar-refractivity contribution >= 4 is 0 Å². The van der Waals surface area contributed by atoms with E-state index in [0.717, 1.165) is 32.1 Å². The van der Waals surface area contributed by atoms with E-state index in [2.05, 4.69) is 48.6 Å².